The zero-order valence-electron chi connectivity index (χ0n) is 18.1. The van der Waals surface area contributed by atoms with Crippen LogP contribution in [0.15, 0.2) is 41.5 Å². The summed E-state index contributed by atoms with van der Waals surface area (Å²) in [4.78, 5) is 4.63. The summed E-state index contributed by atoms with van der Waals surface area (Å²) in [5.41, 5.74) is 4.53. The number of pyridine rings is 1. The molecule has 3 aromatic rings. The van der Waals surface area contributed by atoms with Crippen LogP contribution in [-0.4, -0.2) is 40.3 Å². The summed E-state index contributed by atoms with van der Waals surface area (Å²) in [5.74, 6) is 2.55. The highest BCUT2D eigenvalue weighted by Gasteiger charge is 2.06. The third kappa shape index (κ3) is 6.32. The van der Waals surface area contributed by atoms with Gasteiger partial charge in [0.1, 0.15) is 12.3 Å². The van der Waals surface area contributed by atoms with Crippen LogP contribution in [-0.2, 0) is 6.54 Å². The second-order valence-corrected chi connectivity index (χ2v) is 7.07. The Kier molecular flexibility index (Phi) is 9.35. The lowest BCUT2D eigenvalue weighted by Crippen LogP contribution is -2.38. The number of nitrogens with zero attached hydrogens (tertiary/aromatic N) is 4. The molecule has 0 atom stereocenters. The third-order valence-electron chi connectivity index (χ3n) is 4.74. The molecule has 0 aliphatic rings. The summed E-state index contributed by atoms with van der Waals surface area (Å²) in [6.07, 6.45) is 2.83. The molecule has 0 aliphatic heterocycles. The minimum atomic E-state index is 0. The fraction of sp³-hybridized carbons (Fsp3) is 0.409. The monoisotopic (exact) mass is 522 g/mol. The van der Waals surface area contributed by atoms with Crippen LogP contribution >= 0.6 is 24.0 Å². The number of guanidine groups is 1. The van der Waals surface area contributed by atoms with Gasteiger partial charge in [0, 0.05) is 19.3 Å². The predicted molar refractivity (Wildman–Crippen MR) is 132 cm³/mol. The minimum absolute atomic E-state index is 0. The van der Waals surface area contributed by atoms with E-state index in [9.17, 15) is 0 Å². The number of hydrogen-bond acceptors (Lipinski definition) is 4. The van der Waals surface area contributed by atoms with Gasteiger partial charge in [0.25, 0.3) is 0 Å². The predicted octanol–water partition coefficient (Wildman–Crippen LogP) is 3.80. The molecule has 3 rings (SSSR count). The molecule has 0 unspecified atom stereocenters. The number of nitrogens with one attached hydrogen (secondary N) is 2. The highest BCUT2D eigenvalue weighted by Crippen LogP contribution is 2.23. The fourth-order valence-electron chi connectivity index (χ4n) is 3.10. The maximum absolute atomic E-state index is 5.99. The Balaban J connectivity index is 0.00000320. The van der Waals surface area contributed by atoms with Crippen molar-refractivity contribution < 1.29 is 4.74 Å². The lowest BCUT2D eigenvalue weighted by molar-refractivity contribution is 0.308. The van der Waals surface area contributed by atoms with Gasteiger partial charge >= 0.3 is 0 Å². The van der Waals surface area contributed by atoms with Crippen molar-refractivity contribution in [2.75, 3.05) is 19.7 Å². The molecule has 0 spiro atoms. The van der Waals surface area contributed by atoms with E-state index < -0.39 is 0 Å². The summed E-state index contributed by atoms with van der Waals surface area (Å²) in [6.45, 7) is 11.1. The second kappa shape index (κ2) is 11.7. The maximum atomic E-state index is 5.99. The first-order valence-corrected chi connectivity index (χ1v) is 10.1. The molecule has 0 bridgehead atoms. The molecule has 8 heteroatoms. The first kappa shape index (κ1) is 23.9. The van der Waals surface area contributed by atoms with Gasteiger partial charge in [-0.2, -0.15) is 0 Å². The van der Waals surface area contributed by atoms with E-state index >= 15 is 0 Å². The van der Waals surface area contributed by atoms with Gasteiger partial charge in [0.05, 0.1) is 6.61 Å². The number of aryl methyl sites for hydroxylation is 2. The van der Waals surface area contributed by atoms with Gasteiger partial charge in [0.15, 0.2) is 17.4 Å². The molecule has 0 fully saturated rings. The van der Waals surface area contributed by atoms with Crippen LogP contribution < -0.4 is 15.4 Å². The second-order valence-electron chi connectivity index (χ2n) is 7.07. The number of ether oxygens (including phenoxy) is 1. The summed E-state index contributed by atoms with van der Waals surface area (Å²) in [5, 5.41) is 15.0. The van der Waals surface area contributed by atoms with E-state index in [-0.39, 0.29) is 24.0 Å². The lowest BCUT2D eigenvalue weighted by Gasteiger charge is -2.14. The standard InChI is InChI=1S/C22H30N6O.HI/c1-5-23-22(25-15-21-27-26-20-9-6-7-11-28(20)21)24-10-8-12-29-19-14-16(2)13-17(3)18(19)4;/h6-7,9,11,13-14H,5,8,10,12,15H2,1-4H3,(H2,23,24,25);1H. The minimum Gasteiger partial charge on any atom is -0.493 e. The Hall–Kier alpha value is -2.36. The van der Waals surface area contributed by atoms with Crippen LogP contribution in [0.2, 0.25) is 0 Å². The SMILES string of the molecule is CCNC(=NCc1nnc2ccccn12)NCCCOc1cc(C)cc(C)c1C.I. The lowest BCUT2D eigenvalue weighted by atomic mass is 10.1. The summed E-state index contributed by atoms with van der Waals surface area (Å²) in [6, 6.07) is 10.1. The van der Waals surface area contributed by atoms with E-state index in [2.05, 4.69) is 65.7 Å². The van der Waals surface area contributed by atoms with Crippen molar-refractivity contribution in [1.82, 2.24) is 25.2 Å². The van der Waals surface area contributed by atoms with E-state index in [1.165, 1.54) is 16.7 Å². The van der Waals surface area contributed by atoms with Gasteiger partial charge in [-0.1, -0.05) is 12.1 Å². The quantitative estimate of drug-likeness (QED) is 0.204. The molecule has 0 radical (unpaired) electrons. The van der Waals surface area contributed by atoms with Crippen molar-refractivity contribution in [1.29, 1.82) is 0 Å². The van der Waals surface area contributed by atoms with Crippen molar-refractivity contribution in [2.24, 2.45) is 4.99 Å². The van der Waals surface area contributed by atoms with Gasteiger partial charge in [-0.15, -0.1) is 34.2 Å². The zero-order chi connectivity index (χ0) is 20.6. The smallest absolute Gasteiger partial charge is 0.191 e. The van der Waals surface area contributed by atoms with E-state index in [4.69, 9.17) is 4.74 Å². The number of hydrogen-bond donors (Lipinski definition) is 2. The molecule has 30 heavy (non-hydrogen) atoms. The Morgan fingerprint density at radius 2 is 1.97 bits per heavy atom. The number of rotatable bonds is 8. The fourth-order valence-corrected chi connectivity index (χ4v) is 3.10. The summed E-state index contributed by atoms with van der Waals surface area (Å²) >= 11 is 0. The Bertz CT molecular complexity index is 985. The Morgan fingerprint density at radius 1 is 1.13 bits per heavy atom. The van der Waals surface area contributed by atoms with Crippen molar-refractivity contribution in [2.45, 2.75) is 40.7 Å². The zero-order valence-corrected chi connectivity index (χ0v) is 20.4. The van der Waals surface area contributed by atoms with Crippen LogP contribution in [0.4, 0.5) is 0 Å². The van der Waals surface area contributed by atoms with E-state index in [1.54, 1.807) is 0 Å². The van der Waals surface area contributed by atoms with Gasteiger partial charge < -0.3 is 15.4 Å². The molecule has 0 aliphatic carbocycles. The van der Waals surface area contributed by atoms with E-state index in [0.29, 0.717) is 13.2 Å². The van der Waals surface area contributed by atoms with Gasteiger partial charge in [-0.05, 0) is 69.0 Å². The van der Waals surface area contributed by atoms with Crippen molar-refractivity contribution in [3.63, 3.8) is 0 Å². The molecular weight excluding hydrogens is 491 g/mol. The molecule has 2 N–H and O–H groups in total. The average molecular weight is 522 g/mol. The maximum Gasteiger partial charge on any atom is 0.191 e. The van der Waals surface area contributed by atoms with Crippen molar-refractivity contribution in [3.05, 3.63) is 59.0 Å². The molecule has 1 aromatic carbocycles. The highest BCUT2D eigenvalue weighted by atomic mass is 127. The molecule has 0 saturated heterocycles. The number of fused-ring (bicyclic) bond motifs is 1. The molecule has 7 nitrogen and oxygen atoms in total. The summed E-state index contributed by atoms with van der Waals surface area (Å²) in [7, 11) is 0. The average Bonchev–Trinajstić information content (AvgIpc) is 3.12. The first-order chi connectivity index (χ1) is 14.1. The topological polar surface area (TPSA) is 75.8 Å². The Labute approximate surface area is 195 Å². The summed E-state index contributed by atoms with van der Waals surface area (Å²) < 4.78 is 7.94. The van der Waals surface area contributed by atoms with Crippen LogP contribution in [0.5, 0.6) is 5.75 Å². The molecule has 0 amide bonds. The largest absolute Gasteiger partial charge is 0.493 e. The number of halogens is 1. The van der Waals surface area contributed by atoms with Crippen LogP contribution in [0, 0.1) is 20.8 Å². The number of aliphatic imine (C=N–C) groups is 1. The molecule has 162 valence electrons. The van der Waals surface area contributed by atoms with Crippen LogP contribution in [0.3, 0.4) is 0 Å². The first-order valence-electron chi connectivity index (χ1n) is 10.1. The number of benzene rings is 1. The van der Waals surface area contributed by atoms with E-state index in [0.717, 1.165) is 42.7 Å². The van der Waals surface area contributed by atoms with Gasteiger partial charge in [-0.25, -0.2) is 4.99 Å². The highest BCUT2D eigenvalue weighted by molar-refractivity contribution is 14.0. The molecule has 0 saturated carbocycles. The molecular formula is C22H31IN6O. The van der Waals surface area contributed by atoms with Crippen LogP contribution in [0.1, 0.15) is 35.9 Å². The third-order valence-corrected chi connectivity index (χ3v) is 4.74. The van der Waals surface area contributed by atoms with Crippen molar-refractivity contribution in [3.8, 4) is 5.75 Å². The Morgan fingerprint density at radius 3 is 2.77 bits per heavy atom. The number of aromatic nitrogens is 3. The molecule has 2 heterocycles. The molecule has 2 aromatic heterocycles. The van der Waals surface area contributed by atoms with Crippen molar-refractivity contribution >= 4 is 35.6 Å². The van der Waals surface area contributed by atoms with Crippen LogP contribution in [0.25, 0.3) is 5.65 Å². The van der Waals surface area contributed by atoms with Gasteiger partial charge in [0.2, 0.25) is 0 Å². The van der Waals surface area contributed by atoms with E-state index in [1.807, 2.05) is 28.8 Å². The van der Waals surface area contributed by atoms with Gasteiger partial charge in [-0.3, -0.25) is 4.40 Å². The normalized spacial score (nSPS) is 11.3.